The molecule has 1 aliphatic heterocycles. The van der Waals surface area contributed by atoms with Crippen molar-refractivity contribution in [2.24, 2.45) is 0 Å². The van der Waals surface area contributed by atoms with Crippen LogP contribution in [0.2, 0.25) is 5.02 Å². The van der Waals surface area contributed by atoms with E-state index in [-0.39, 0.29) is 18.4 Å². The Balaban J connectivity index is 1.86. The van der Waals surface area contributed by atoms with E-state index in [9.17, 15) is 9.90 Å². The smallest absolute Gasteiger partial charge is 0.225 e. The number of carbonyl (C=O) groups is 1. The van der Waals surface area contributed by atoms with E-state index in [4.69, 9.17) is 11.6 Å². The van der Waals surface area contributed by atoms with Gasteiger partial charge in [-0.3, -0.25) is 4.79 Å². The topological polar surface area (TPSA) is 43.8 Å². The predicted molar refractivity (Wildman–Crippen MR) is 93.5 cm³/mol. The second kappa shape index (κ2) is 8.13. The van der Waals surface area contributed by atoms with Crippen molar-refractivity contribution in [2.75, 3.05) is 20.1 Å². The Morgan fingerprint density at radius 2 is 1.87 bits per heavy atom. The molecule has 0 radical (unpaired) electrons. The maximum absolute atomic E-state index is 12.4. The van der Waals surface area contributed by atoms with Crippen LogP contribution in [0.1, 0.15) is 44.8 Å². The van der Waals surface area contributed by atoms with Crippen LogP contribution in [0, 0.1) is 0 Å². The Hall–Kier alpha value is -1.10. The largest absolute Gasteiger partial charge is 0.388 e. The van der Waals surface area contributed by atoms with Crippen molar-refractivity contribution in [3.05, 3.63) is 34.9 Å². The standard InChI is InChI=1S/C18H27ClN2O2/c1-13(2)21-10-8-16(9-11-21)20(3)18(23)12-17(22)14-4-6-15(19)7-5-14/h4-7,13,16-17,22H,8-12H2,1-3H3. The number of piperidine rings is 1. The highest BCUT2D eigenvalue weighted by atomic mass is 35.5. The number of halogens is 1. The maximum Gasteiger partial charge on any atom is 0.225 e. The average molecular weight is 339 g/mol. The molecule has 2 rings (SSSR count). The Morgan fingerprint density at radius 3 is 2.39 bits per heavy atom. The van der Waals surface area contributed by atoms with Crippen molar-refractivity contribution < 1.29 is 9.90 Å². The van der Waals surface area contributed by atoms with E-state index in [1.807, 2.05) is 11.9 Å². The number of aliphatic hydroxyl groups is 1. The van der Waals surface area contributed by atoms with Crippen LogP contribution in [0.3, 0.4) is 0 Å². The van der Waals surface area contributed by atoms with Gasteiger partial charge in [-0.25, -0.2) is 0 Å². The van der Waals surface area contributed by atoms with Crippen molar-refractivity contribution in [1.29, 1.82) is 0 Å². The molecule has 128 valence electrons. The number of likely N-dealkylation sites (tertiary alicyclic amines) is 1. The molecule has 1 unspecified atom stereocenters. The van der Waals surface area contributed by atoms with Crippen molar-refractivity contribution in [3.8, 4) is 0 Å². The van der Waals surface area contributed by atoms with Gasteiger partial charge in [0.1, 0.15) is 0 Å². The second-order valence-electron chi connectivity index (χ2n) is 6.64. The Morgan fingerprint density at radius 1 is 1.30 bits per heavy atom. The highest BCUT2D eigenvalue weighted by molar-refractivity contribution is 6.30. The molecule has 1 atom stereocenters. The third-order valence-electron chi connectivity index (χ3n) is 4.79. The first-order chi connectivity index (χ1) is 10.9. The number of hydrogen-bond donors (Lipinski definition) is 1. The van der Waals surface area contributed by atoms with Gasteiger partial charge in [0.25, 0.3) is 0 Å². The van der Waals surface area contributed by atoms with Gasteiger partial charge in [-0.05, 0) is 44.4 Å². The lowest BCUT2D eigenvalue weighted by Crippen LogP contribution is -2.47. The van der Waals surface area contributed by atoms with Gasteiger partial charge < -0.3 is 14.9 Å². The Labute approximate surface area is 144 Å². The molecule has 0 saturated carbocycles. The van der Waals surface area contributed by atoms with E-state index >= 15 is 0 Å². The van der Waals surface area contributed by atoms with Crippen molar-refractivity contribution in [3.63, 3.8) is 0 Å². The van der Waals surface area contributed by atoms with E-state index < -0.39 is 6.10 Å². The fraction of sp³-hybridized carbons (Fsp3) is 0.611. The summed E-state index contributed by atoms with van der Waals surface area (Å²) in [6.45, 7) is 6.47. The van der Waals surface area contributed by atoms with Gasteiger partial charge in [0.2, 0.25) is 5.91 Å². The quantitative estimate of drug-likeness (QED) is 0.897. The summed E-state index contributed by atoms with van der Waals surface area (Å²) in [5.74, 6) is -0.00422. The molecule has 0 aliphatic carbocycles. The number of carbonyl (C=O) groups excluding carboxylic acids is 1. The molecule has 5 heteroatoms. The minimum atomic E-state index is -0.780. The molecule has 4 nitrogen and oxygen atoms in total. The molecule has 1 N–H and O–H groups in total. The van der Waals surface area contributed by atoms with E-state index in [2.05, 4.69) is 18.7 Å². The summed E-state index contributed by atoms with van der Waals surface area (Å²) in [4.78, 5) is 16.7. The molecule has 1 heterocycles. The highest BCUT2D eigenvalue weighted by Crippen LogP contribution is 2.22. The number of hydrogen-bond acceptors (Lipinski definition) is 3. The first-order valence-corrected chi connectivity index (χ1v) is 8.69. The average Bonchev–Trinajstić information content (AvgIpc) is 2.54. The number of aliphatic hydroxyl groups excluding tert-OH is 1. The van der Waals surface area contributed by atoms with Gasteiger partial charge in [0, 0.05) is 37.2 Å². The number of benzene rings is 1. The molecule has 1 fully saturated rings. The van der Waals surface area contributed by atoms with Gasteiger partial charge in [-0.2, -0.15) is 0 Å². The molecular weight excluding hydrogens is 312 g/mol. The van der Waals surface area contributed by atoms with Crippen LogP contribution in [0.25, 0.3) is 0 Å². The summed E-state index contributed by atoms with van der Waals surface area (Å²) >= 11 is 5.85. The van der Waals surface area contributed by atoms with Crippen LogP contribution in [0.15, 0.2) is 24.3 Å². The summed E-state index contributed by atoms with van der Waals surface area (Å²) in [7, 11) is 1.85. The van der Waals surface area contributed by atoms with Crippen molar-refractivity contribution in [2.45, 2.75) is 51.3 Å². The van der Waals surface area contributed by atoms with E-state index in [0.29, 0.717) is 11.1 Å². The first-order valence-electron chi connectivity index (χ1n) is 8.31. The SMILES string of the molecule is CC(C)N1CCC(N(C)C(=O)CC(O)c2ccc(Cl)cc2)CC1. The van der Waals surface area contributed by atoms with Gasteiger partial charge in [-0.1, -0.05) is 23.7 Å². The summed E-state index contributed by atoms with van der Waals surface area (Å²) in [6, 6.07) is 7.83. The lowest BCUT2D eigenvalue weighted by Gasteiger charge is -2.38. The van der Waals surface area contributed by atoms with Gasteiger partial charge in [0.05, 0.1) is 12.5 Å². The van der Waals surface area contributed by atoms with Crippen molar-refractivity contribution >= 4 is 17.5 Å². The normalized spacial score (nSPS) is 18.2. The molecular formula is C18H27ClN2O2. The van der Waals surface area contributed by atoms with E-state index in [1.165, 1.54) is 0 Å². The zero-order valence-corrected chi connectivity index (χ0v) is 15.0. The molecule has 1 aromatic carbocycles. The molecule has 1 aliphatic rings. The van der Waals surface area contributed by atoms with Crippen molar-refractivity contribution in [1.82, 2.24) is 9.80 Å². The fourth-order valence-electron chi connectivity index (χ4n) is 3.11. The van der Waals surface area contributed by atoms with E-state index in [1.54, 1.807) is 24.3 Å². The van der Waals surface area contributed by atoms with Crippen LogP contribution in [0.4, 0.5) is 0 Å². The summed E-state index contributed by atoms with van der Waals surface area (Å²) in [5, 5.41) is 10.9. The van der Waals surface area contributed by atoms with Crippen LogP contribution < -0.4 is 0 Å². The molecule has 1 amide bonds. The second-order valence-corrected chi connectivity index (χ2v) is 7.07. The van der Waals surface area contributed by atoms with Crippen LogP contribution in [-0.4, -0.2) is 53.0 Å². The van der Waals surface area contributed by atoms with Gasteiger partial charge >= 0.3 is 0 Å². The molecule has 0 aromatic heterocycles. The third-order valence-corrected chi connectivity index (χ3v) is 5.05. The minimum absolute atomic E-state index is 0.00422. The third kappa shape index (κ3) is 4.93. The summed E-state index contributed by atoms with van der Waals surface area (Å²) < 4.78 is 0. The molecule has 23 heavy (non-hydrogen) atoms. The lowest BCUT2D eigenvalue weighted by molar-refractivity contribution is -0.135. The van der Waals surface area contributed by atoms with Crippen LogP contribution in [-0.2, 0) is 4.79 Å². The van der Waals surface area contributed by atoms with Crippen LogP contribution >= 0.6 is 11.6 Å². The lowest BCUT2D eigenvalue weighted by atomic mass is 10.0. The Kier molecular flexibility index (Phi) is 6.45. The molecule has 0 spiro atoms. The number of rotatable bonds is 5. The predicted octanol–water partition coefficient (Wildman–Crippen LogP) is 3.09. The Bertz CT molecular complexity index is 510. The van der Waals surface area contributed by atoms with E-state index in [0.717, 1.165) is 31.5 Å². The number of nitrogens with zero attached hydrogens (tertiary/aromatic N) is 2. The first kappa shape index (κ1) is 18.2. The van der Waals surface area contributed by atoms with Crippen LogP contribution in [0.5, 0.6) is 0 Å². The zero-order chi connectivity index (χ0) is 17.0. The summed E-state index contributed by atoms with van der Waals surface area (Å²) in [6.07, 6.45) is 1.33. The molecule has 1 saturated heterocycles. The van der Waals surface area contributed by atoms with Gasteiger partial charge in [-0.15, -0.1) is 0 Å². The zero-order valence-electron chi connectivity index (χ0n) is 14.2. The van der Waals surface area contributed by atoms with Gasteiger partial charge in [0.15, 0.2) is 0 Å². The number of amides is 1. The molecule has 0 bridgehead atoms. The monoisotopic (exact) mass is 338 g/mol. The molecule has 1 aromatic rings. The highest BCUT2D eigenvalue weighted by Gasteiger charge is 2.27. The maximum atomic E-state index is 12.4. The fourth-order valence-corrected chi connectivity index (χ4v) is 3.23. The minimum Gasteiger partial charge on any atom is -0.388 e. The summed E-state index contributed by atoms with van der Waals surface area (Å²) in [5.41, 5.74) is 0.728.